The zero-order valence-corrected chi connectivity index (χ0v) is 17.0. The smallest absolute Gasteiger partial charge is 0.263 e. The highest BCUT2D eigenvalue weighted by molar-refractivity contribution is 5.95. The minimum Gasteiger partial charge on any atom is -0.486 e. The van der Waals surface area contributed by atoms with Gasteiger partial charge in [0.25, 0.3) is 11.8 Å². The lowest BCUT2D eigenvalue weighted by atomic mass is 10.1. The topological polar surface area (TPSA) is 99.2 Å². The molecule has 0 radical (unpaired) electrons. The summed E-state index contributed by atoms with van der Waals surface area (Å²) >= 11 is 0. The van der Waals surface area contributed by atoms with Crippen LogP contribution in [-0.2, 0) is 0 Å². The minimum absolute atomic E-state index is 0.0458. The molecule has 1 aliphatic heterocycles. The lowest BCUT2D eigenvalue weighted by molar-refractivity contribution is 0.0963. The minimum atomic E-state index is -1.18. The van der Waals surface area contributed by atoms with Gasteiger partial charge in [-0.2, -0.15) is 9.37 Å². The zero-order valence-electron chi connectivity index (χ0n) is 17.0. The molecule has 3 heterocycles. The summed E-state index contributed by atoms with van der Waals surface area (Å²) in [5.41, 5.74) is 0.549. The van der Waals surface area contributed by atoms with Crippen LogP contribution in [-0.4, -0.2) is 34.3 Å². The quantitative estimate of drug-likeness (QED) is 0.527. The fourth-order valence-electron chi connectivity index (χ4n) is 3.74. The number of carbonyl (C=O) groups is 1. The molecule has 0 bridgehead atoms. The van der Waals surface area contributed by atoms with Crippen LogP contribution in [0.3, 0.4) is 0 Å². The molecule has 32 heavy (non-hydrogen) atoms. The van der Waals surface area contributed by atoms with Crippen molar-refractivity contribution in [1.29, 1.82) is 0 Å². The van der Waals surface area contributed by atoms with Crippen LogP contribution in [0, 0.1) is 11.6 Å². The first-order chi connectivity index (χ1) is 15.4. The number of aromatic nitrogens is 3. The van der Waals surface area contributed by atoms with Gasteiger partial charge >= 0.3 is 0 Å². The molecule has 2 aromatic heterocycles. The third-order valence-corrected chi connectivity index (χ3v) is 5.38. The number of hydrogen-bond acceptors (Lipinski definition) is 6. The average molecular weight is 438 g/mol. The highest BCUT2D eigenvalue weighted by Gasteiger charge is 2.28. The third kappa shape index (κ3) is 2.95. The summed E-state index contributed by atoms with van der Waals surface area (Å²) < 4.78 is 40.7. The van der Waals surface area contributed by atoms with E-state index in [0.29, 0.717) is 11.1 Å². The standard InChI is InChI=1S/C22H16F2N4O4/c1-10-9-31-19-16(24)15(23)7-13-17(19)28(10)8-14(18(13)29)22-26-20(27-32-22)11-4-3-5-12(6-11)21(30)25-2/h3-8,10H,9H2,1-2H3,(H,25,30)/t10-/m0/s1. The van der Waals surface area contributed by atoms with Crippen LogP contribution in [0.2, 0.25) is 0 Å². The number of carbonyl (C=O) groups excluding carboxylic acids is 1. The summed E-state index contributed by atoms with van der Waals surface area (Å²) in [7, 11) is 1.52. The lowest BCUT2D eigenvalue weighted by Gasteiger charge is -2.27. The van der Waals surface area contributed by atoms with Crippen LogP contribution in [0.5, 0.6) is 5.75 Å². The van der Waals surface area contributed by atoms with E-state index in [1.54, 1.807) is 28.8 Å². The first-order valence-electron chi connectivity index (χ1n) is 9.75. The molecule has 8 nitrogen and oxygen atoms in total. The highest BCUT2D eigenvalue weighted by atomic mass is 19.2. The molecule has 0 saturated carbocycles. The van der Waals surface area contributed by atoms with E-state index in [1.807, 2.05) is 6.92 Å². The second kappa shape index (κ2) is 7.26. The first kappa shape index (κ1) is 19.9. The van der Waals surface area contributed by atoms with E-state index in [9.17, 15) is 18.4 Å². The Labute approximate surface area is 179 Å². The highest BCUT2D eigenvalue weighted by Crippen LogP contribution is 2.36. The second-order valence-electron chi connectivity index (χ2n) is 7.42. The van der Waals surface area contributed by atoms with Crippen molar-refractivity contribution < 1.29 is 22.8 Å². The molecule has 2 aromatic carbocycles. The molecular formula is C22H16F2N4O4. The van der Waals surface area contributed by atoms with Crippen molar-refractivity contribution in [1.82, 2.24) is 20.0 Å². The van der Waals surface area contributed by atoms with Gasteiger partial charge < -0.3 is 19.1 Å². The van der Waals surface area contributed by atoms with Crippen molar-refractivity contribution in [2.45, 2.75) is 13.0 Å². The molecule has 162 valence electrons. The Morgan fingerprint density at radius 1 is 1.28 bits per heavy atom. The normalized spacial score (nSPS) is 14.9. The van der Waals surface area contributed by atoms with E-state index >= 15 is 0 Å². The van der Waals surface area contributed by atoms with Crippen molar-refractivity contribution in [3.63, 3.8) is 0 Å². The van der Waals surface area contributed by atoms with Gasteiger partial charge in [0, 0.05) is 24.4 Å². The molecule has 1 amide bonds. The van der Waals surface area contributed by atoms with Gasteiger partial charge in [-0.15, -0.1) is 0 Å². The Kier molecular flexibility index (Phi) is 4.50. The van der Waals surface area contributed by atoms with Crippen molar-refractivity contribution in [2.75, 3.05) is 13.7 Å². The molecular weight excluding hydrogens is 422 g/mol. The monoisotopic (exact) mass is 438 g/mol. The SMILES string of the molecule is CNC(=O)c1cccc(-c2noc(-c3cn4c5c(c(F)c(F)cc5c3=O)OC[C@@H]4C)n2)c1. The number of benzene rings is 2. The predicted octanol–water partition coefficient (Wildman–Crippen LogP) is 3.31. The van der Waals surface area contributed by atoms with Gasteiger partial charge in [-0.05, 0) is 25.1 Å². The molecule has 5 rings (SSSR count). The van der Waals surface area contributed by atoms with Crippen molar-refractivity contribution in [2.24, 2.45) is 0 Å². The Hall–Kier alpha value is -4.08. The molecule has 0 spiro atoms. The van der Waals surface area contributed by atoms with Gasteiger partial charge in [-0.25, -0.2) is 4.39 Å². The van der Waals surface area contributed by atoms with Crippen molar-refractivity contribution in [3.8, 4) is 28.6 Å². The number of nitrogens with zero attached hydrogens (tertiary/aromatic N) is 3. The van der Waals surface area contributed by atoms with E-state index in [-0.39, 0.29) is 52.5 Å². The molecule has 0 unspecified atom stereocenters. The fraction of sp³-hybridized carbons (Fsp3) is 0.182. The van der Waals surface area contributed by atoms with Crippen LogP contribution < -0.4 is 15.5 Å². The molecule has 0 aliphatic carbocycles. The maximum absolute atomic E-state index is 14.2. The summed E-state index contributed by atoms with van der Waals surface area (Å²) in [4.78, 5) is 29.3. The summed E-state index contributed by atoms with van der Waals surface area (Å²) in [5, 5.41) is 6.41. The van der Waals surface area contributed by atoms with E-state index in [0.717, 1.165) is 6.07 Å². The maximum atomic E-state index is 14.2. The van der Waals surface area contributed by atoms with Crippen LogP contribution >= 0.6 is 0 Å². The van der Waals surface area contributed by atoms with Crippen LogP contribution in [0.4, 0.5) is 8.78 Å². The van der Waals surface area contributed by atoms with Gasteiger partial charge in [-0.1, -0.05) is 17.3 Å². The second-order valence-corrected chi connectivity index (χ2v) is 7.42. The lowest BCUT2D eigenvalue weighted by Crippen LogP contribution is -2.25. The van der Waals surface area contributed by atoms with Crippen molar-refractivity contribution in [3.05, 3.63) is 63.9 Å². The van der Waals surface area contributed by atoms with Gasteiger partial charge in [-0.3, -0.25) is 9.59 Å². The number of ether oxygens (including phenoxy) is 1. The van der Waals surface area contributed by atoms with Gasteiger partial charge in [0.1, 0.15) is 12.2 Å². The van der Waals surface area contributed by atoms with Crippen LogP contribution in [0.1, 0.15) is 23.3 Å². The van der Waals surface area contributed by atoms with Crippen molar-refractivity contribution >= 4 is 16.8 Å². The van der Waals surface area contributed by atoms with Crippen LogP contribution in [0.15, 0.2) is 45.8 Å². The number of hydrogen-bond donors (Lipinski definition) is 1. The Balaban J connectivity index is 1.67. The van der Waals surface area contributed by atoms with Gasteiger partial charge in [0.2, 0.25) is 17.1 Å². The maximum Gasteiger partial charge on any atom is 0.263 e. The summed E-state index contributed by atoms with van der Waals surface area (Å²) in [6.07, 6.45) is 1.48. The number of rotatable bonds is 3. The Bertz CT molecular complexity index is 1460. The summed E-state index contributed by atoms with van der Waals surface area (Å²) in [6.45, 7) is 1.92. The molecule has 1 aliphatic rings. The largest absolute Gasteiger partial charge is 0.486 e. The van der Waals surface area contributed by atoms with E-state index in [2.05, 4.69) is 15.5 Å². The van der Waals surface area contributed by atoms with E-state index < -0.39 is 17.1 Å². The zero-order chi connectivity index (χ0) is 22.6. The molecule has 1 N–H and O–H groups in total. The number of nitrogens with one attached hydrogen (secondary N) is 1. The molecule has 1 atom stereocenters. The predicted molar refractivity (Wildman–Crippen MR) is 110 cm³/mol. The Morgan fingerprint density at radius 3 is 2.88 bits per heavy atom. The summed E-state index contributed by atoms with van der Waals surface area (Å²) in [6, 6.07) is 7.20. The third-order valence-electron chi connectivity index (χ3n) is 5.38. The van der Waals surface area contributed by atoms with Gasteiger partial charge in [0.15, 0.2) is 11.6 Å². The first-order valence-corrected chi connectivity index (χ1v) is 9.75. The molecule has 0 fully saturated rings. The fourth-order valence-corrected chi connectivity index (χ4v) is 3.74. The van der Waals surface area contributed by atoms with E-state index in [1.165, 1.54) is 13.2 Å². The van der Waals surface area contributed by atoms with E-state index in [4.69, 9.17) is 9.26 Å². The molecule has 4 aromatic rings. The average Bonchev–Trinajstić information content (AvgIpc) is 3.29. The Morgan fingerprint density at radius 2 is 2.09 bits per heavy atom. The van der Waals surface area contributed by atoms with Crippen LogP contribution in [0.25, 0.3) is 33.7 Å². The molecule has 10 heteroatoms. The molecule has 0 saturated heterocycles. The number of halogens is 2. The summed E-state index contributed by atoms with van der Waals surface area (Å²) in [5.74, 6) is -2.79. The number of amides is 1. The number of pyridine rings is 1. The van der Waals surface area contributed by atoms with Gasteiger partial charge in [0.05, 0.1) is 16.9 Å².